The molecule has 0 heterocycles. The van der Waals surface area contributed by atoms with Crippen molar-refractivity contribution < 1.29 is 4.92 Å². The number of rotatable bonds is 4. The first-order valence-corrected chi connectivity index (χ1v) is 4.24. The van der Waals surface area contributed by atoms with Gasteiger partial charge in [-0.1, -0.05) is 24.2 Å². The van der Waals surface area contributed by atoms with Gasteiger partial charge in [-0.05, 0) is 12.0 Å². The summed E-state index contributed by atoms with van der Waals surface area (Å²) >= 11 is 0. The van der Waals surface area contributed by atoms with E-state index in [2.05, 4.69) is 5.18 Å². The van der Waals surface area contributed by atoms with Crippen LogP contribution in [0.15, 0.2) is 23.4 Å². The van der Waals surface area contributed by atoms with E-state index < -0.39 is 4.92 Å². The smallest absolute Gasteiger partial charge is 0.258 e. The highest BCUT2D eigenvalue weighted by Crippen LogP contribution is 2.21. The molecule has 0 spiro atoms. The zero-order chi connectivity index (χ0) is 10.6. The van der Waals surface area contributed by atoms with E-state index in [0.29, 0.717) is 17.5 Å². The fourth-order valence-electron chi connectivity index (χ4n) is 1.25. The lowest BCUT2D eigenvalue weighted by molar-refractivity contribution is -0.385. The zero-order valence-corrected chi connectivity index (χ0v) is 7.77. The zero-order valence-electron chi connectivity index (χ0n) is 7.77. The number of hydrogen-bond acceptors (Lipinski definition) is 4. The minimum atomic E-state index is -0.437. The number of hydrogen-bond donors (Lipinski definition) is 0. The number of nitro groups is 1. The van der Waals surface area contributed by atoms with Crippen LogP contribution in [-0.2, 0) is 13.0 Å². The van der Waals surface area contributed by atoms with Crippen molar-refractivity contribution in [3.63, 3.8) is 0 Å². The number of nitroso groups, excluding NO2 is 1. The van der Waals surface area contributed by atoms with Gasteiger partial charge in [-0.15, -0.1) is 0 Å². The molecule has 74 valence electrons. The van der Waals surface area contributed by atoms with E-state index in [0.717, 1.165) is 0 Å². The van der Waals surface area contributed by atoms with Crippen LogP contribution in [0.25, 0.3) is 0 Å². The lowest BCUT2D eigenvalue weighted by Gasteiger charge is -2.00. The standard InChI is InChI=1S/C9H10N2O3/c1-2-8-4-3-7(6-10-12)5-9(8)11(13)14/h3-5H,2,6H2,1H3. The molecule has 0 aliphatic heterocycles. The lowest BCUT2D eigenvalue weighted by atomic mass is 10.1. The lowest BCUT2D eigenvalue weighted by Crippen LogP contribution is -1.95. The van der Waals surface area contributed by atoms with Crippen LogP contribution in [-0.4, -0.2) is 4.92 Å². The molecule has 0 aliphatic carbocycles. The van der Waals surface area contributed by atoms with Crippen molar-refractivity contribution in [2.75, 3.05) is 0 Å². The number of benzene rings is 1. The fourth-order valence-corrected chi connectivity index (χ4v) is 1.25. The summed E-state index contributed by atoms with van der Waals surface area (Å²) in [6.45, 7) is 1.82. The van der Waals surface area contributed by atoms with Gasteiger partial charge in [0.1, 0.15) is 6.54 Å². The summed E-state index contributed by atoms with van der Waals surface area (Å²) < 4.78 is 0. The van der Waals surface area contributed by atoms with Gasteiger partial charge >= 0.3 is 0 Å². The SMILES string of the molecule is CCc1ccc(CN=O)cc1[N+](=O)[O-]. The average molecular weight is 194 g/mol. The molecule has 5 heteroatoms. The Hall–Kier alpha value is -1.78. The maximum absolute atomic E-state index is 10.6. The summed E-state index contributed by atoms with van der Waals surface area (Å²) in [5.41, 5.74) is 1.31. The van der Waals surface area contributed by atoms with E-state index in [1.807, 2.05) is 6.92 Å². The highest BCUT2D eigenvalue weighted by atomic mass is 16.6. The second kappa shape index (κ2) is 4.45. The predicted molar refractivity (Wildman–Crippen MR) is 52.0 cm³/mol. The van der Waals surface area contributed by atoms with Crippen LogP contribution in [0.2, 0.25) is 0 Å². The van der Waals surface area contributed by atoms with E-state index in [9.17, 15) is 15.0 Å². The normalized spacial score (nSPS) is 9.79. The van der Waals surface area contributed by atoms with Crippen molar-refractivity contribution in [3.8, 4) is 0 Å². The topological polar surface area (TPSA) is 72.6 Å². The quantitative estimate of drug-likeness (QED) is 0.419. The number of aryl methyl sites for hydroxylation is 1. The molecule has 0 saturated carbocycles. The number of nitro benzene ring substituents is 1. The molecular weight excluding hydrogens is 184 g/mol. The maximum Gasteiger partial charge on any atom is 0.272 e. The van der Waals surface area contributed by atoms with Gasteiger partial charge in [-0.2, -0.15) is 4.91 Å². The second-order valence-electron chi connectivity index (χ2n) is 2.86. The van der Waals surface area contributed by atoms with Gasteiger partial charge < -0.3 is 0 Å². The summed E-state index contributed by atoms with van der Waals surface area (Å²) in [7, 11) is 0. The Kier molecular flexibility index (Phi) is 3.28. The van der Waals surface area contributed by atoms with Gasteiger partial charge in [0.2, 0.25) is 0 Å². The van der Waals surface area contributed by atoms with Crippen LogP contribution in [0.3, 0.4) is 0 Å². The molecule has 0 aliphatic rings. The molecule has 0 amide bonds. The molecule has 1 rings (SSSR count). The summed E-state index contributed by atoms with van der Waals surface area (Å²) in [6.07, 6.45) is 0.602. The summed E-state index contributed by atoms with van der Waals surface area (Å²) in [6, 6.07) is 4.76. The van der Waals surface area contributed by atoms with Crippen molar-refractivity contribution in [3.05, 3.63) is 44.3 Å². The van der Waals surface area contributed by atoms with Crippen LogP contribution < -0.4 is 0 Å². The van der Waals surface area contributed by atoms with Crippen molar-refractivity contribution in [1.29, 1.82) is 0 Å². The van der Waals surface area contributed by atoms with E-state index in [-0.39, 0.29) is 12.2 Å². The Labute approximate surface area is 80.9 Å². The summed E-state index contributed by atoms with van der Waals surface area (Å²) in [4.78, 5) is 20.2. The van der Waals surface area contributed by atoms with E-state index >= 15 is 0 Å². The maximum atomic E-state index is 10.6. The third kappa shape index (κ3) is 2.12. The Balaban J connectivity index is 3.13. The van der Waals surface area contributed by atoms with Gasteiger partial charge in [0.15, 0.2) is 0 Å². The Morgan fingerprint density at radius 3 is 2.71 bits per heavy atom. The minimum Gasteiger partial charge on any atom is -0.258 e. The van der Waals surface area contributed by atoms with E-state index in [4.69, 9.17) is 0 Å². The predicted octanol–water partition coefficient (Wildman–Crippen LogP) is 2.42. The highest BCUT2D eigenvalue weighted by molar-refractivity contribution is 5.43. The monoisotopic (exact) mass is 194 g/mol. The third-order valence-electron chi connectivity index (χ3n) is 1.97. The van der Waals surface area contributed by atoms with Crippen LogP contribution in [0.1, 0.15) is 18.1 Å². The average Bonchev–Trinajstić information content (AvgIpc) is 2.18. The molecule has 0 bridgehead atoms. The van der Waals surface area contributed by atoms with Gasteiger partial charge in [-0.25, -0.2) is 0 Å². The van der Waals surface area contributed by atoms with Gasteiger partial charge in [0, 0.05) is 11.6 Å². The molecule has 14 heavy (non-hydrogen) atoms. The molecule has 0 atom stereocenters. The van der Waals surface area contributed by atoms with Crippen molar-refractivity contribution >= 4 is 5.69 Å². The molecule has 0 N–H and O–H groups in total. The molecule has 5 nitrogen and oxygen atoms in total. The largest absolute Gasteiger partial charge is 0.272 e. The summed E-state index contributed by atoms with van der Waals surface area (Å²) in [5, 5.41) is 13.3. The molecule has 0 fully saturated rings. The van der Waals surface area contributed by atoms with Crippen LogP contribution >= 0.6 is 0 Å². The number of nitrogens with zero attached hydrogens (tertiary/aromatic N) is 2. The third-order valence-corrected chi connectivity index (χ3v) is 1.97. The first-order chi connectivity index (χ1) is 6.69. The Morgan fingerprint density at radius 1 is 1.50 bits per heavy atom. The Morgan fingerprint density at radius 2 is 2.21 bits per heavy atom. The van der Waals surface area contributed by atoms with Crippen LogP contribution in [0.4, 0.5) is 5.69 Å². The molecule has 0 aromatic heterocycles. The van der Waals surface area contributed by atoms with Crippen molar-refractivity contribution in [2.24, 2.45) is 5.18 Å². The minimum absolute atomic E-state index is 0.0230. The summed E-state index contributed by atoms with van der Waals surface area (Å²) in [5.74, 6) is 0. The molecule has 1 aromatic carbocycles. The van der Waals surface area contributed by atoms with Gasteiger partial charge in [-0.3, -0.25) is 10.1 Å². The fraction of sp³-hybridized carbons (Fsp3) is 0.333. The van der Waals surface area contributed by atoms with E-state index in [1.54, 1.807) is 12.1 Å². The highest BCUT2D eigenvalue weighted by Gasteiger charge is 2.12. The molecular formula is C9H10N2O3. The van der Waals surface area contributed by atoms with Crippen LogP contribution in [0.5, 0.6) is 0 Å². The van der Waals surface area contributed by atoms with Crippen LogP contribution in [0, 0.1) is 15.0 Å². The van der Waals surface area contributed by atoms with Gasteiger partial charge in [0.05, 0.1) is 4.92 Å². The second-order valence-corrected chi connectivity index (χ2v) is 2.86. The molecule has 0 radical (unpaired) electrons. The first-order valence-electron chi connectivity index (χ1n) is 4.24. The van der Waals surface area contributed by atoms with Crippen molar-refractivity contribution in [1.82, 2.24) is 0 Å². The van der Waals surface area contributed by atoms with Crippen molar-refractivity contribution in [2.45, 2.75) is 19.9 Å². The Bertz CT molecular complexity index is 363. The molecule has 0 unspecified atom stereocenters. The molecule has 0 saturated heterocycles. The van der Waals surface area contributed by atoms with Gasteiger partial charge in [0.25, 0.3) is 5.69 Å². The van der Waals surface area contributed by atoms with E-state index in [1.165, 1.54) is 6.07 Å². The molecule has 1 aromatic rings. The first kappa shape index (κ1) is 10.3.